The summed E-state index contributed by atoms with van der Waals surface area (Å²) in [7, 11) is -3.67. The van der Waals surface area contributed by atoms with Crippen molar-refractivity contribution in [1.82, 2.24) is 4.98 Å². The zero-order chi connectivity index (χ0) is 23.0. The monoisotopic (exact) mass is 458 g/mol. The number of aliphatic hydroxyl groups is 1. The van der Waals surface area contributed by atoms with Crippen LogP contribution in [0, 0.1) is 5.92 Å². The number of hydrogen-bond donors (Lipinski definition) is 3. The molecule has 1 saturated carbocycles. The molecule has 0 bridgehead atoms. The molecule has 32 heavy (non-hydrogen) atoms. The number of pyridine rings is 1. The number of rotatable bonds is 6. The van der Waals surface area contributed by atoms with Gasteiger partial charge in [-0.3, -0.25) is 9.54 Å². The first kappa shape index (κ1) is 24.0. The molecule has 1 aromatic heterocycles. The van der Waals surface area contributed by atoms with Gasteiger partial charge in [0.15, 0.2) is 0 Å². The van der Waals surface area contributed by atoms with Crippen LogP contribution in [0.5, 0.6) is 5.75 Å². The summed E-state index contributed by atoms with van der Waals surface area (Å²) >= 11 is 0. The number of benzene rings is 2. The summed E-state index contributed by atoms with van der Waals surface area (Å²) in [6.07, 6.45) is 9.16. The molecular formula is C24H30N2O5S. The molecule has 7 nitrogen and oxygen atoms in total. The molecule has 3 N–H and O–H groups in total. The van der Waals surface area contributed by atoms with E-state index in [2.05, 4.69) is 10.3 Å². The van der Waals surface area contributed by atoms with E-state index in [1.54, 1.807) is 6.20 Å². The van der Waals surface area contributed by atoms with Crippen LogP contribution < -0.4 is 10.1 Å². The topological polar surface area (TPSA) is 109 Å². The van der Waals surface area contributed by atoms with Crippen LogP contribution in [0.25, 0.3) is 10.9 Å². The fraction of sp³-hybridized carbons (Fsp3) is 0.375. The second-order valence-electron chi connectivity index (χ2n) is 8.07. The van der Waals surface area contributed by atoms with Crippen molar-refractivity contribution in [1.29, 1.82) is 0 Å². The highest BCUT2D eigenvalue weighted by Crippen LogP contribution is 2.28. The van der Waals surface area contributed by atoms with Gasteiger partial charge in [0.1, 0.15) is 5.75 Å². The van der Waals surface area contributed by atoms with Crippen molar-refractivity contribution in [3.8, 4) is 5.75 Å². The fourth-order valence-corrected chi connectivity index (χ4v) is 3.76. The molecule has 0 atom stereocenters. The second kappa shape index (κ2) is 11.3. The lowest BCUT2D eigenvalue weighted by molar-refractivity contribution is 0.209. The number of aromatic nitrogens is 1. The van der Waals surface area contributed by atoms with E-state index in [9.17, 15) is 13.5 Å². The van der Waals surface area contributed by atoms with E-state index in [1.165, 1.54) is 32.1 Å². The van der Waals surface area contributed by atoms with Crippen molar-refractivity contribution < 1.29 is 22.8 Å². The maximum absolute atomic E-state index is 9.40. The van der Waals surface area contributed by atoms with Crippen LogP contribution in [0.15, 0.2) is 54.7 Å². The lowest BCUT2D eigenvalue weighted by atomic mass is 9.90. The van der Waals surface area contributed by atoms with Gasteiger partial charge >= 0.3 is 0 Å². The molecular weight excluding hydrogens is 428 g/mol. The van der Waals surface area contributed by atoms with Crippen molar-refractivity contribution >= 4 is 32.4 Å². The normalized spacial score (nSPS) is 14.5. The summed E-state index contributed by atoms with van der Waals surface area (Å²) in [5.74, 6) is 1.63. The highest BCUT2D eigenvalue weighted by atomic mass is 32.2. The zero-order valence-corrected chi connectivity index (χ0v) is 19.0. The van der Waals surface area contributed by atoms with Crippen molar-refractivity contribution in [2.75, 3.05) is 18.2 Å². The van der Waals surface area contributed by atoms with Gasteiger partial charge in [-0.25, -0.2) is 0 Å². The quantitative estimate of drug-likeness (QED) is 0.449. The first-order valence-electron chi connectivity index (χ1n) is 10.7. The highest BCUT2D eigenvalue weighted by Gasteiger charge is 2.14. The number of anilines is 2. The number of nitrogens with one attached hydrogen (secondary N) is 1. The summed E-state index contributed by atoms with van der Waals surface area (Å²) in [6.45, 7) is 0.850. The third-order valence-electron chi connectivity index (χ3n) is 5.33. The maximum Gasteiger partial charge on any atom is 0.261 e. The van der Waals surface area contributed by atoms with Gasteiger partial charge in [-0.1, -0.05) is 25.3 Å². The minimum absolute atomic E-state index is 0.0251. The first-order chi connectivity index (χ1) is 15.3. The summed E-state index contributed by atoms with van der Waals surface area (Å²) in [5.41, 5.74) is 3.77. The fourth-order valence-electron chi connectivity index (χ4n) is 3.76. The lowest BCUT2D eigenvalue weighted by Crippen LogP contribution is -2.15. The van der Waals surface area contributed by atoms with Gasteiger partial charge in [-0.15, -0.1) is 0 Å². The molecule has 0 radical (unpaired) electrons. The molecule has 3 aromatic rings. The molecule has 0 unspecified atom stereocenters. The van der Waals surface area contributed by atoms with Gasteiger partial charge in [0.25, 0.3) is 10.1 Å². The van der Waals surface area contributed by atoms with Gasteiger partial charge < -0.3 is 15.2 Å². The summed E-state index contributed by atoms with van der Waals surface area (Å²) in [4.78, 5) is 4.40. The number of ether oxygens (including phenoxy) is 1. The molecule has 1 fully saturated rings. The number of nitrogens with zero attached hydrogens (tertiary/aromatic N) is 1. The van der Waals surface area contributed by atoms with Crippen molar-refractivity contribution in [3.63, 3.8) is 0 Å². The summed E-state index contributed by atoms with van der Waals surface area (Å²) < 4.78 is 31.9. The van der Waals surface area contributed by atoms with E-state index in [4.69, 9.17) is 9.29 Å². The van der Waals surface area contributed by atoms with Crippen molar-refractivity contribution in [2.24, 2.45) is 5.92 Å². The third kappa shape index (κ3) is 7.78. The maximum atomic E-state index is 9.40. The van der Waals surface area contributed by atoms with Crippen LogP contribution in [0.2, 0.25) is 0 Å². The smallest absolute Gasteiger partial charge is 0.261 e. The molecule has 4 rings (SSSR count). The lowest BCUT2D eigenvalue weighted by Gasteiger charge is -2.21. The van der Waals surface area contributed by atoms with Gasteiger partial charge in [-0.2, -0.15) is 8.42 Å². The van der Waals surface area contributed by atoms with E-state index in [0.717, 1.165) is 40.2 Å². The van der Waals surface area contributed by atoms with Gasteiger partial charge in [-0.05, 0) is 66.8 Å². The molecule has 2 aromatic carbocycles. The predicted molar refractivity (Wildman–Crippen MR) is 127 cm³/mol. The molecule has 0 aliphatic heterocycles. The van der Waals surface area contributed by atoms with Crippen LogP contribution in [-0.4, -0.2) is 35.9 Å². The van der Waals surface area contributed by atoms with E-state index in [-0.39, 0.29) is 6.61 Å². The Bertz CT molecular complexity index is 1100. The molecule has 172 valence electrons. The Kier molecular flexibility index (Phi) is 8.44. The summed E-state index contributed by atoms with van der Waals surface area (Å²) in [6, 6.07) is 15.9. The number of fused-ring (bicyclic) bond motifs is 1. The zero-order valence-electron chi connectivity index (χ0n) is 18.2. The van der Waals surface area contributed by atoms with Crippen molar-refractivity contribution in [2.45, 2.75) is 38.7 Å². The van der Waals surface area contributed by atoms with Gasteiger partial charge in [0, 0.05) is 23.0 Å². The Morgan fingerprint density at radius 2 is 1.75 bits per heavy atom. The molecule has 1 aliphatic carbocycles. The van der Waals surface area contributed by atoms with Crippen LogP contribution in [-0.2, 0) is 16.7 Å². The molecule has 0 amide bonds. The average molecular weight is 459 g/mol. The predicted octanol–water partition coefficient (Wildman–Crippen LogP) is 4.93. The van der Waals surface area contributed by atoms with Crippen LogP contribution in [0.3, 0.4) is 0 Å². The third-order valence-corrected chi connectivity index (χ3v) is 5.33. The Morgan fingerprint density at radius 1 is 1.06 bits per heavy atom. The van der Waals surface area contributed by atoms with Crippen LogP contribution in [0.1, 0.15) is 37.7 Å². The van der Waals surface area contributed by atoms with Crippen LogP contribution >= 0.6 is 0 Å². The number of hydrogen-bond acceptors (Lipinski definition) is 6. The molecule has 1 aliphatic rings. The van der Waals surface area contributed by atoms with Gasteiger partial charge in [0.2, 0.25) is 0 Å². The van der Waals surface area contributed by atoms with Crippen molar-refractivity contribution in [3.05, 3.63) is 60.3 Å². The number of aliphatic hydroxyl groups excluding tert-OH is 1. The SMILES string of the molecule is CS(=O)(=O)O.OCc1ccc2nccc(Nc3ccc(OCC4CCCCC4)cc3)c2c1. The van der Waals surface area contributed by atoms with E-state index < -0.39 is 10.1 Å². The molecule has 8 heteroatoms. The Hall–Kier alpha value is -2.68. The minimum atomic E-state index is -3.67. The first-order valence-corrected chi connectivity index (χ1v) is 12.6. The van der Waals surface area contributed by atoms with E-state index >= 15 is 0 Å². The van der Waals surface area contributed by atoms with E-state index in [0.29, 0.717) is 12.2 Å². The summed E-state index contributed by atoms with van der Waals surface area (Å²) in [5, 5.41) is 13.9. The minimum Gasteiger partial charge on any atom is -0.493 e. The molecule has 1 heterocycles. The molecule has 0 spiro atoms. The highest BCUT2D eigenvalue weighted by molar-refractivity contribution is 7.85. The average Bonchev–Trinajstić information content (AvgIpc) is 2.78. The Balaban J connectivity index is 0.000000523. The van der Waals surface area contributed by atoms with Crippen LogP contribution in [0.4, 0.5) is 11.4 Å². The van der Waals surface area contributed by atoms with E-state index in [1.807, 2.05) is 48.5 Å². The van der Waals surface area contributed by atoms with Gasteiger partial charge in [0.05, 0.1) is 25.0 Å². The second-order valence-corrected chi connectivity index (χ2v) is 9.53. The largest absolute Gasteiger partial charge is 0.493 e. The Morgan fingerprint density at radius 3 is 2.41 bits per heavy atom. The molecule has 0 saturated heterocycles. The Labute approximate surface area is 189 Å². The standard InChI is InChI=1S/C23H26N2O2.CH4O3S/c26-15-18-6-11-22-21(14-18)23(12-13-24-22)25-19-7-9-20(10-8-19)27-16-17-4-2-1-3-5-17;1-5(2,3)4/h6-14,17,26H,1-5,15-16H2,(H,24,25);1H3,(H,2,3,4).